The highest BCUT2D eigenvalue weighted by atomic mass is 16.4. The predicted octanol–water partition coefficient (Wildman–Crippen LogP) is -1.34. The molecule has 0 radical (unpaired) electrons. The van der Waals surface area contributed by atoms with Crippen molar-refractivity contribution in [2.24, 2.45) is 11.5 Å². The van der Waals surface area contributed by atoms with Crippen LogP contribution in [0.25, 0.3) is 0 Å². The molecule has 6 heteroatoms. The van der Waals surface area contributed by atoms with Gasteiger partial charge in [-0.25, -0.2) is 0 Å². The van der Waals surface area contributed by atoms with Crippen LogP contribution in [0.3, 0.4) is 0 Å². The summed E-state index contributed by atoms with van der Waals surface area (Å²) in [6.07, 6.45) is 0.245. The van der Waals surface area contributed by atoms with Gasteiger partial charge in [0.05, 0.1) is 0 Å². The van der Waals surface area contributed by atoms with Crippen molar-refractivity contribution in [3.63, 3.8) is 0 Å². The lowest BCUT2D eigenvalue weighted by Crippen LogP contribution is -2.43. The maximum absolute atomic E-state index is 10.3. The Morgan fingerprint density at radius 3 is 2.58 bits per heavy atom. The Morgan fingerprint density at radius 2 is 2.25 bits per heavy atom. The average molecular weight is 174 g/mol. The molecule has 0 amide bonds. The zero-order chi connectivity index (χ0) is 9.72. The maximum Gasteiger partial charge on any atom is 0.320 e. The van der Waals surface area contributed by atoms with Crippen molar-refractivity contribution in [3.05, 3.63) is 0 Å². The van der Waals surface area contributed by atoms with E-state index in [4.69, 9.17) is 22.0 Å². The molecule has 0 saturated carbocycles. The third kappa shape index (κ3) is 4.51. The summed E-state index contributed by atoms with van der Waals surface area (Å²) in [6.45, 7) is 1.71. The normalized spacial score (nSPS) is 14.8. The lowest BCUT2D eigenvalue weighted by Gasteiger charge is -2.15. The Kier molecular flexibility index (Phi) is 4.06. The Labute approximate surface area is 70.4 Å². The summed E-state index contributed by atoms with van der Waals surface area (Å²) in [5, 5.41) is 17.8. The van der Waals surface area contributed by atoms with Crippen molar-refractivity contribution in [1.82, 2.24) is 5.32 Å². The fourth-order valence-electron chi connectivity index (χ4n) is 0.806. The fourth-order valence-corrected chi connectivity index (χ4v) is 0.806. The van der Waals surface area contributed by atoms with Crippen LogP contribution in [-0.2, 0) is 4.79 Å². The molecule has 0 aromatic rings. The van der Waals surface area contributed by atoms with Crippen LogP contribution in [0.2, 0.25) is 0 Å². The molecule has 0 spiro atoms. The van der Waals surface area contributed by atoms with Gasteiger partial charge in [0.15, 0.2) is 5.96 Å². The van der Waals surface area contributed by atoms with Crippen molar-refractivity contribution in [2.45, 2.75) is 25.4 Å². The second-order valence-corrected chi connectivity index (χ2v) is 2.64. The van der Waals surface area contributed by atoms with E-state index < -0.39 is 12.0 Å². The Bertz CT molecular complexity index is 182. The lowest BCUT2D eigenvalue weighted by atomic mass is 10.1. The molecule has 0 aromatic heterocycles. The highest BCUT2D eigenvalue weighted by molar-refractivity contribution is 5.75. The third-order valence-electron chi connectivity index (χ3n) is 1.33. The van der Waals surface area contributed by atoms with E-state index in [2.05, 4.69) is 5.32 Å². The van der Waals surface area contributed by atoms with Gasteiger partial charge in [-0.2, -0.15) is 0 Å². The van der Waals surface area contributed by atoms with Crippen molar-refractivity contribution in [3.8, 4) is 0 Å². The molecular formula is C6H14N4O2. The number of nitrogens with two attached hydrogens (primary N) is 2. The molecule has 0 aliphatic heterocycles. The monoisotopic (exact) mass is 174 g/mol. The molecule has 0 fully saturated rings. The number of aliphatic carboxylic acids is 1. The zero-order valence-electron chi connectivity index (χ0n) is 6.87. The first-order chi connectivity index (χ1) is 5.43. The number of rotatable bonds is 4. The van der Waals surface area contributed by atoms with Crippen molar-refractivity contribution < 1.29 is 9.90 Å². The molecule has 0 saturated heterocycles. The van der Waals surface area contributed by atoms with Gasteiger partial charge in [-0.05, 0) is 13.3 Å². The molecule has 0 aliphatic rings. The summed E-state index contributed by atoms with van der Waals surface area (Å²) >= 11 is 0. The van der Waals surface area contributed by atoms with E-state index in [1.54, 1.807) is 6.92 Å². The number of carbonyl (C=O) groups is 1. The molecule has 70 valence electrons. The number of hydrogen-bond donors (Lipinski definition) is 5. The van der Waals surface area contributed by atoms with Crippen LogP contribution < -0.4 is 16.8 Å². The molecule has 0 aromatic carbocycles. The molecule has 1 unspecified atom stereocenters. The molecule has 2 atom stereocenters. The SMILES string of the molecule is C[C@@H](CC(N)C(=O)O)NC(=N)N. The van der Waals surface area contributed by atoms with Crippen LogP contribution in [-0.4, -0.2) is 29.1 Å². The average Bonchev–Trinajstić information content (AvgIpc) is 1.84. The van der Waals surface area contributed by atoms with Crippen molar-refractivity contribution >= 4 is 11.9 Å². The first-order valence-corrected chi connectivity index (χ1v) is 3.52. The van der Waals surface area contributed by atoms with Gasteiger partial charge in [-0.1, -0.05) is 0 Å². The topological polar surface area (TPSA) is 125 Å². The minimum atomic E-state index is -1.05. The first-order valence-electron chi connectivity index (χ1n) is 3.52. The van der Waals surface area contributed by atoms with Crippen molar-refractivity contribution in [1.29, 1.82) is 5.41 Å². The summed E-state index contributed by atoms with van der Waals surface area (Å²) in [4.78, 5) is 10.3. The summed E-state index contributed by atoms with van der Waals surface area (Å²) in [5.74, 6) is -1.23. The Morgan fingerprint density at radius 1 is 1.75 bits per heavy atom. The van der Waals surface area contributed by atoms with E-state index in [1.165, 1.54) is 0 Å². The maximum atomic E-state index is 10.3. The van der Waals surface area contributed by atoms with Crippen LogP contribution in [0, 0.1) is 5.41 Å². The minimum Gasteiger partial charge on any atom is -0.480 e. The van der Waals surface area contributed by atoms with Gasteiger partial charge >= 0.3 is 5.97 Å². The van der Waals surface area contributed by atoms with Gasteiger partial charge in [0.25, 0.3) is 0 Å². The number of carboxylic acid groups (broad SMARTS) is 1. The van der Waals surface area contributed by atoms with E-state index >= 15 is 0 Å². The van der Waals surface area contributed by atoms with Crippen LogP contribution in [0.5, 0.6) is 0 Å². The molecule has 7 N–H and O–H groups in total. The van der Waals surface area contributed by atoms with Gasteiger partial charge < -0.3 is 21.9 Å². The molecule has 0 aliphatic carbocycles. The Balaban J connectivity index is 3.76. The zero-order valence-corrected chi connectivity index (χ0v) is 6.87. The molecular weight excluding hydrogens is 160 g/mol. The van der Waals surface area contributed by atoms with E-state index in [1.807, 2.05) is 0 Å². The van der Waals surface area contributed by atoms with Crippen LogP contribution in [0.15, 0.2) is 0 Å². The molecule has 6 nitrogen and oxygen atoms in total. The van der Waals surface area contributed by atoms with E-state index in [9.17, 15) is 4.79 Å². The second kappa shape index (κ2) is 4.55. The fraction of sp³-hybridized carbons (Fsp3) is 0.667. The number of hydrogen-bond acceptors (Lipinski definition) is 3. The standard InChI is InChI=1S/C6H14N4O2/c1-3(10-6(8)9)2-4(7)5(11)12/h3-4H,2,7H2,1H3,(H,11,12)(H4,8,9,10)/t3-,4?/m0/s1. The van der Waals surface area contributed by atoms with Gasteiger partial charge in [-0.15, -0.1) is 0 Å². The van der Waals surface area contributed by atoms with Crippen LogP contribution in [0.4, 0.5) is 0 Å². The van der Waals surface area contributed by atoms with Gasteiger partial charge in [0.1, 0.15) is 6.04 Å². The smallest absolute Gasteiger partial charge is 0.320 e. The van der Waals surface area contributed by atoms with E-state index in [0.29, 0.717) is 0 Å². The van der Waals surface area contributed by atoms with Gasteiger partial charge in [0.2, 0.25) is 0 Å². The molecule has 0 bridgehead atoms. The molecule has 12 heavy (non-hydrogen) atoms. The minimum absolute atomic E-state index is 0.180. The van der Waals surface area contributed by atoms with E-state index in [0.717, 1.165) is 0 Å². The molecule has 0 heterocycles. The summed E-state index contributed by atoms with van der Waals surface area (Å²) in [5.41, 5.74) is 10.3. The number of carboxylic acids is 1. The third-order valence-corrected chi connectivity index (χ3v) is 1.33. The summed E-state index contributed by atoms with van der Waals surface area (Å²) in [7, 11) is 0. The first kappa shape index (κ1) is 10.7. The van der Waals surface area contributed by atoms with Gasteiger partial charge in [0, 0.05) is 6.04 Å². The number of nitrogens with one attached hydrogen (secondary N) is 2. The van der Waals surface area contributed by atoms with Crippen LogP contribution in [0.1, 0.15) is 13.3 Å². The summed E-state index contributed by atoms with van der Waals surface area (Å²) < 4.78 is 0. The summed E-state index contributed by atoms with van der Waals surface area (Å²) in [6, 6.07) is -1.11. The lowest BCUT2D eigenvalue weighted by molar-refractivity contribution is -0.138. The molecule has 0 rings (SSSR count). The number of guanidine groups is 1. The Hall–Kier alpha value is -1.30. The van der Waals surface area contributed by atoms with Gasteiger partial charge in [-0.3, -0.25) is 10.2 Å². The predicted molar refractivity (Wildman–Crippen MR) is 44.7 cm³/mol. The van der Waals surface area contributed by atoms with E-state index in [-0.39, 0.29) is 18.4 Å². The van der Waals surface area contributed by atoms with Crippen molar-refractivity contribution in [2.75, 3.05) is 0 Å². The van der Waals surface area contributed by atoms with Crippen LogP contribution >= 0.6 is 0 Å². The second-order valence-electron chi connectivity index (χ2n) is 2.64. The quantitative estimate of drug-likeness (QED) is 0.266. The largest absolute Gasteiger partial charge is 0.480 e. The highest BCUT2D eigenvalue weighted by Crippen LogP contribution is 1.94. The highest BCUT2D eigenvalue weighted by Gasteiger charge is 2.15.